The summed E-state index contributed by atoms with van der Waals surface area (Å²) in [6.45, 7) is 6.57. The maximum absolute atomic E-state index is 12.4. The zero-order chi connectivity index (χ0) is 14.9. The van der Waals surface area contributed by atoms with Crippen LogP contribution in [0.4, 0.5) is 0 Å². The quantitative estimate of drug-likeness (QED) is 0.800. The van der Waals surface area contributed by atoms with Crippen LogP contribution in [0.3, 0.4) is 0 Å². The minimum absolute atomic E-state index is 0.0515. The third-order valence-electron chi connectivity index (χ3n) is 4.03. The Bertz CT molecular complexity index is 495. The second-order valence-electron chi connectivity index (χ2n) is 5.60. The molecule has 0 saturated carbocycles. The van der Waals surface area contributed by atoms with Gasteiger partial charge in [-0.05, 0) is 39.1 Å². The standard InChI is InChI=1S/C15H20Cl2N2O/c1-10-7-19(8-11(2)18(10)3)9-15(20)13-5-4-12(16)6-14(13)17/h4-6,10-11H,7-9H2,1-3H3. The average molecular weight is 315 g/mol. The Morgan fingerprint density at radius 1 is 1.25 bits per heavy atom. The summed E-state index contributed by atoms with van der Waals surface area (Å²) in [5, 5.41) is 0.978. The van der Waals surface area contributed by atoms with E-state index in [1.807, 2.05) is 0 Å². The zero-order valence-corrected chi connectivity index (χ0v) is 13.6. The summed E-state index contributed by atoms with van der Waals surface area (Å²) in [6.07, 6.45) is 0. The minimum atomic E-state index is 0.0515. The van der Waals surface area contributed by atoms with E-state index in [4.69, 9.17) is 23.2 Å². The van der Waals surface area contributed by atoms with E-state index >= 15 is 0 Å². The Morgan fingerprint density at radius 2 is 1.85 bits per heavy atom. The lowest BCUT2D eigenvalue weighted by Crippen LogP contribution is -2.55. The molecule has 2 unspecified atom stereocenters. The SMILES string of the molecule is CC1CN(CC(=O)c2ccc(Cl)cc2Cl)CC(C)N1C. The molecule has 0 aliphatic carbocycles. The molecule has 0 spiro atoms. The van der Waals surface area contributed by atoms with Crippen molar-refractivity contribution in [2.75, 3.05) is 26.7 Å². The predicted octanol–water partition coefficient (Wildman–Crippen LogP) is 3.20. The van der Waals surface area contributed by atoms with Gasteiger partial charge in [0.05, 0.1) is 11.6 Å². The third kappa shape index (κ3) is 3.53. The molecule has 1 fully saturated rings. The summed E-state index contributed by atoms with van der Waals surface area (Å²) >= 11 is 11.9. The second-order valence-corrected chi connectivity index (χ2v) is 6.45. The van der Waals surface area contributed by atoms with Gasteiger partial charge in [0.15, 0.2) is 5.78 Å². The molecule has 2 atom stereocenters. The van der Waals surface area contributed by atoms with Gasteiger partial charge >= 0.3 is 0 Å². The number of Topliss-reactive ketones (excluding diaryl/α,β-unsaturated/α-hetero) is 1. The van der Waals surface area contributed by atoms with Gasteiger partial charge in [0.1, 0.15) is 0 Å². The first-order valence-electron chi connectivity index (χ1n) is 6.81. The van der Waals surface area contributed by atoms with E-state index in [9.17, 15) is 4.79 Å². The number of piperazine rings is 1. The van der Waals surface area contributed by atoms with Crippen molar-refractivity contribution >= 4 is 29.0 Å². The lowest BCUT2D eigenvalue weighted by molar-refractivity contribution is 0.0549. The van der Waals surface area contributed by atoms with Crippen LogP contribution in [-0.2, 0) is 0 Å². The molecule has 1 aromatic rings. The van der Waals surface area contributed by atoms with E-state index in [-0.39, 0.29) is 5.78 Å². The zero-order valence-electron chi connectivity index (χ0n) is 12.1. The van der Waals surface area contributed by atoms with Gasteiger partial charge in [-0.15, -0.1) is 0 Å². The van der Waals surface area contributed by atoms with Crippen LogP contribution in [0.1, 0.15) is 24.2 Å². The highest BCUT2D eigenvalue weighted by atomic mass is 35.5. The summed E-state index contributed by atoms with van der Waals surface area (Å²) in [5.74, 6) is 0.0515. The molecule has 0 radical (unpaired) electrons. The second kappa shape index (κ2) is 6.44. The molecule has 1 aliphatic rings. The molecule has 0 N–H and O–H groups in total. The molecule has 5 heteroatoms. The van der Waals surface area contributed by atoms with Crippen molar-refractivity contribution in [1.82, 2.24) is 9.80 Å². The first-order valence-corrected chi connectivity index (χ1v) is 7.56. The number of hydrogen-bond acceptors (Lipinski definition) is 3. The highest BCUT2D eigenvalue weighted by molar-refractivity contribution is 6.36. The maximum atomic E-state index is 12.4. The number of carbonyl (C=O) groups excluding carboxylic acids is 1. The van der Waals surface area contributed by atoms with Crippen molar-refractivity contribution in [1.29, 1.82) is 0 Å². The molecule has 1 saturated heterocycles. The van der Waals surface area contributed by atoms with Gasteiger partial charge in [-0.1, -0.05) is 23.2 Å². The van der Waals surface area contributed by atoms with Gasteiger partial charge in [0, 0.05) is 35.8 Å². The maximum Gasteiger partial charge on any atom is 0.178 e. The summed E-state index contributed by atoms with van der Waals surface area (Å²) < 4.78 is 0. The van der Waals surface area contributed by atoms with E-state index in [0.717, 1.165) is 13.1 Å². The van der Waals surface area contributed by atoms with Crippen LogP contribution in [0.2, 0.25) is 10.0 Å². The van der Waals surface area contributed by atoms with Crippen LogP contribution < -0.4 is 0 Å². The molecule has 110 valence electrons. The monoisotopic (exact) mass is 314 g/mol. The van der Waals surface area contributed by atoms with Crippen LogP contribution in [0, 0.1) is 0 Å². The van der Waals surface area contributed by atoms with Crippen molar-refractivity contribution in [3.05, 3.63) is 33.8 Å². The van der Waals surface area contributed by atoms with Crippen LogP contribution in [-0.4, -0.2) is 54.3 Å². The van der Waals surface area contributed by atoms with Crippen LogP contribution in [0.5, 0.6) is 0 Å². The van der Waals surface area contributed by atoms with E-state index < -0.39 is 0 Å². The van der Waals surface area contributed by atoms with Gasteiger partial charge in [-0.25, -0.2) is 0 Å². The summed E-state index contributed by atoms with van der Waals surface area (Å²) in [5.41, 5.74) is 0.551. The third-order valence-corrected chi connectivity index (χ3v) is 4.58. The number of benzene rings is 1. The van der Waals surface area contributed by atoms with Crippen LogP contribution in [0.25, 0.3) is 0 Å². The lowest BCUT2D eigenvalue weighted by Gasteiger charge is -2.42. The molecule has 1 heterocycles. The summed E-state index contributed by atoms with van der Waals surface area (Å²) in [7, 11) is 2.13. The van der Waals surface area contributed by atoms with Crippen molar-refractivity contribution < 1.29 is 4.79 Å². The van der Waals surface area contributed by atoms with Gasteiger partial charge in [0.2, 0.25) is 0 Å². The first kappa shape index (κ1) is 15.8. The largest absolute Gasteiger partial charge is 0.298 e. The fraction of sp³-hybridized carbons (Fsp3) is 0.533. The molecule has 3 nitrogen and oxygen atoms in total. The molecular formula is C15H20Cl2N2O. The number of hydrogen-bond donors (Lipinski definition) is 0. The Kier molecular flexibility index (Phi) is 5.08. The average Bonchev–Trinajstić information content (AvgIpc) is 2.35. The Hall–Kier alpha value is -0.610. The highest BCUT2D eigenvalue weighted by Gasteiger charge is 2.27. The van der Waals surface area contributed by atoms with E-state index in [1.54, 1.807) is 18.2 Å². The Labute approximate surface area is 130 Å². The lowest BCUT2D eigenvalue weighted by atomic mass is 10.1. The smallest absolute Gasteiger partial charge is 0.178 e. The number of nitrogens with zero attached hydrogens (tertiary/aromatic N) is 2. The van der Waals surface area contributed by atoms with Crippen molar-refractivity contribution in [3.63, 3.8) is 0 Å². The highest BCUT2D eigenvalue weighted by Crippen LogP contribution is 2.22. The fourth-order valence-corrected chi connectivity index (χ4v) is 3.16. The number of carbonyl (C=O) groups is 1. The molecule has 0 amide bonds. The first-order chi connectivity index (χ1) is 9.38. The van der Waals surface area contributed by atoms with Crippen molar-refractivity contribution in [2.24, 2.45) is 0 Å². The Balaban J connectivity index is 2.04. The predicted molar refractivity (Wildman–Crippen MR) is 83.9 cm³/mol. The van der Waals surface area contributed by atoms with Crippen molar-refractivity contribution in [3.8, 4) is 0 Å². The molecule has 0 bridgehead atoms. The molecule has 1 aliphatic heterocycles. The summed E-state index contributed by atoms with van der Waals surface area (Å²) in [6, 6.07) is 5.93. The van der Waals surface area contributed by atoms with Gasteiger partial charge in [0.25, 0.3) is 0 Å². The van der Waals surface area contributed by atoms with Gasteiger partial charge in [-0.3, -0.25) is 14.6 Å². The van der Waals surface area contributed by atoms with E-state index in [2.05, 4.69) is 30.7 Å². The number of ketones is 1. The topological polar surface area (TPSA) is 23.6 Å². The minimum Gasteiger partial charge on any atom is -0.298 e. The summed E-state index contributed by atoms with van der Waals surface area (Å²) in [4.78, 5) is 16.9. The van der Waals surface area contributed by atoms with Crippen molar-refractivity contribution in [2.45, 2.75) is 25.9 Å². The van der Waals surface area contributed by atoms with Crippen LogP contribution in [0.15, 0.2) is 18.2 Å². The van der Waals surface area contributed by atoms with E-state index in [1.165, 1.54) is 0 Å². The van der Waals surface area contributed by atoms with Gasteiger partial charge in [-0.2, -0.15) is 0 Å². The molecule has 0 aromatic heterocycles. The molecule has 1 aromatic carbocycles. The normalized spacial score (nSPS) is 24.9. The number of likely N-dealkylation sites (N-methyl/N-ethyl adjacent to an activating group) is 1. The number of rotatable bonds is 3. The number of halogens is 2. The van der Waals surface area contributed by atoms with E-state index in [0.29, 0.717) is 34.2 Å². The molecule has 20 heavy (non-hydrogen) atoms. The fourth-order valence-electron chi connectivity index (χ4n) is 2.65. The van der Waals surface area contributed by atoms with Crippen LogP contribution >= 0.6 is 23.2 Å². The Morgan fingerprint density at radius 3 is 2.40 bits per heavy atom. The van der Waals surface area contributed by atoms with Gasteiger partial charge < -0.3 is 0 Å². The molecule has 2 rings (SSSR count). The molecular weight excluding hydrogens is 295 g/mol.